The fraction of sp³-hybridized carbons (Fsp3) is 0.556. The lowest BCUT2D eigenvalue weighted by Crippen LogP contribution is -2.42. The van der Waals surface area contributed by atoms with E-state index in [0.717, 1.165) is 24.4 Å². The first kappa shape index (κ1) is 18.4. The van der Waals surface area contributed by atoms with Crippen molar-refractivity contribution in [3.8, 4) is 5.75 Å². The van der Waals surface area contributed by atoms with E-state index in [2.05, 4.69) is 36.2 Å². The molecule has 0 unspecified atom stereocenters. The van der Waals surface area contributed by atoms with Gasteiger partial charge >= 0.3 is 0 Å². The first-order valence-electron chi connectivity index (χ1n) is 8.26. The molecule has 1 aromatic heterocycles. The van der Waals surface area contributed by atoms with Crippen molar-refractivity contribution >= 4 is 0 Å². The molecule has 132 valence electrons. The van der Waals surface area contributed by atoms with E-state index in [0.29, 0.717) is 12.4 Å². The Labute approximate surface area is 143 Å². The van der Waals surface area contributed by atoms with Gasteiger partial charge in [0.2, 0.25) is 5.89 Å². The van der Waals surface area contributed by atoms with Gasteiger partial charge in [0.1, 0.15) is 18.5 Å². The van der Waals surface area contributed by atoms with Crippen molar-refractivity contribution in [3.05, 3.63) is 41.5 Å². The zero-order chi connectivity index (χ0) is 17.6. The molecule has 1 heterocycles. The summed E-state index contributed by atoms with van der Waals surface area (Å²) in [5.41, 5.74) is 1.17. The van der Waals surface area contributed by atoms with Crippen LogP contribution in [0.15, 0.2) is 28.8 Å². The number of β-amino-alcohol motifs (C(OH)–C–C–N with tert-alkyl or cyclic N) is 1. The van der Waals surface area contributed by atoms with E-state index >= 15 is 0 Å². The number of aliphatic hydroxyl groups excluding tert-OH is 1. The summed E-state index contributed by atoms with van der Waals surface area (Å²) in [4.78, 5) is 4.19. The van der Waals surface area contributed by atoms with Gasteiger partial charge in [-0.2, -0.15) is 4.98 Å². The van der Waals surface area contributed by atoms with E-state index in [1.807, 2.05) is 24.3 Å². The number of aryl methyl sites for hydroxylation is 3. The number of ether oxygens (including phenoxy) is 1. The van der Waals surface area contributed by atoms with Crippen LogP contribution in [0.1, 0.15) is 38.0 Å². The number of aliphatic hydroxyl groups is 1. The van der Waals surface area contributed by atoms with E-state index in [1.165, 1.54) is 5.56 Å². The maximum absolute atomic E-state index is 9.93. The van der Waals surface area contributed by atoms with Gasteiger partial charge in [-0.15, -0.1) is 0 Å². The maximum Gasteiger partial charge on any atom is 0.223 e. The summed E-state index contributed by atoms with van der Waals surface area (Å²) in [7, 11) is 0. The lowest BCUT2D eigenvalue weighted by atomic mass is 10.1. The third-order valence-corrected chi connectivity index (χ3v) is 3.44. The Balaban J connectivity index is 1.73. The smallest absolute Gasteiger partial charge is 0.223 e. The quantitative estimate of drug-likeness (QED) is 0.771. The first-order chi connectivity index (χ1) is 11.3. The predicted octanol–water partition coefficient (Wildman–Crippen LogP) is 2.29. The lowest BCUT2D eigenvalue weighted by Gasteiger charge is -2.23. The van der Waals surface area contributed by atoms with Gasteiger partial charge in [-0.3, -0.25) is 0 Å². The Morgan fingerprint density at radius 3 is 2.50 bits per heavy atom. The zero-order valence-corrected chi connectivity index (χ0v) is 14.9. The Morgan fingerprint density at radius 1 is 1.21 bits per heavy atom. The standard InChI is InChI=1S/C18H27N3O3/c1-13-20-17(21-24-13)10-7-14-5-8-16(9-6-14)23-12-15(22)11-19-18(2,3)4/h5-6,8-9,15,19,22H,7,10-12H2,1-4H3/t15-/m1/s1. The molecule has 24 heavy (non-hydrogen) atoms. The minimum Gasteiger partial charge on any atom is -0.491 e. The number of hydrogen-bond donors (Lipinski definition) is 2. The molecule has 1 aromatic carbocycles. The molecule has 0 aliphatic carbocycles. The van der Waals surface area contributed by atoms with Gasteiger partial charge in [0.25, 0.3) is 0 Å². The van der Waals surface area contributed by atoms with Gasteiger partial charge in [-0.05, 0) is 44.9 Å². The van der Waals surface area contributed by atoms with Crippen LogP contribution in [-0.4, -0.2) is 40.0 Å². The highest BCUT2D eigenvalue weighted by Gasteiger charge is 2.12. The molecule has 6 heteroatoms. The minimum absolute atomic E-state index is 0.0140. The molecule has 0 fully saturated rings. The summed E-state index contributed by atoms with van der Waals surface area (Å²) in [6.07, 6.45) is 1.05. The SMILES string of the molecule is Cc1nc(CCc2ccc(OC[C@H](O)CNC(C)(C)C)cc2)no1. The third kappa shape index (κ3) is 6.68. The van der Waals surface area contributed by atoms with Crippen LogP contribution in [0.25, 0.3) is 0 Å². The van der Waals surface area contributed by atoms with Crippen LogP contribution in [0.4, 0.5) is 0 Å². The molecule has 2 N–H and O–H groups in total. The average Bonchev–Trinajstić information content (AvgIpc) is 2.95. The van der Waals surface area contributed by atoms with Crippen LogP contribution in [0.5, 0.6) is 5.75 Å². The Kier molecular flexibility index (Phi) is 6.34. The summed E-state index contributed by atoms with van der Waals surface area (Å²) in [6.45, 7) is 8.75. The van der Waals surface area contributed by atoms with Crippen LogP contribution < -0.4 is 10.1 Å². The van der Waals surface area contributed by atoms with E-state index in [-0.39, 0.29) is 12.1 Å². The number of benzene rings is 1. The largest absolute Gasteiger partial charge is 0.491 e. The molecule has 2 aromatic rings. The normalized spacial score (nSPS) is 13.0. The highest BCUT2D eigenvalue weighted by molar-refractivity contribution is 5.27. The fourth-order valence-electron chi connectivity index (χ4n) is 2.13. The van der Waals surface area contributed by atoms with Crippen molar-refractivity contribution in [2.45, 2.75) is 52.2 Å². The summed E-state index contributed by atoms with van der Waals surface area (Å²) in [5, 5.41) is 17.1. The molecule has 0 saturated carbocycles. The van der Waals surface area contributed by atoms with Crippen molar-refractivity contribution in [3.63, 3.8) is 0 Å². The lowest BCUT2D eigenvalue weighted by molar-refractivity contribution is 0.100. The second-order valence-electron chi connectivity index (χ2n) is 6.97. The molecule has 0 aliphatic rings. The van der Waals surface area contributed by atoms with Gasteiger partial charge in [0, 0.05) is 25.4 Å². The number of nitrogens with zero attached hydrogens (tertiary/aromatic N) is 2. The molecular formula is C18H27N3O3. The summed E-state index contributed by atoms with van der Waals surface area (Å²) < 4.78 is 10.6. The third-order valence-electron chi connectivity index (χ3n) is 3.44. The topological polar surface area (TPSA) is 80.4 Å². The molecule has 6 nitrogen and oxygen atoms in total. The summed E-state index contributed by atoms with van der Waals surface area (Å²) >= 11 is 0. The van der Waals surface area contributed by atoms with E-state index < -0.39 is 6.10 Å². The zero-order valence-electron chi connectivity index (χ0n) is 14.9. The van der Waals surface area contributed by atoms with Gasteiger partial charge in [-0.1, -0.05) is 17.3 Å². The number of rotatable bonds is 8. The maximum atomic E-state index is 9.93. The monoisotopic (exact) mass is 333 g/mol. The molecule has 0 radical (unpaired) electrons. The molecule has 1 atom stereocenters. The van der Waals surface area contributed by atoms with Crippen molar-refractivity contribution in [1.82, 2.24) is 15.5 Å². The van der Waals surface area contributed by atoms with Crippen LogP contribution >= 0.6 is 0 Å². The van der Waals surface area contributed by atoms with Gasteiger partial charge in [0.05, 0.1) is 0 Å². The summed E-state index contributed by atoms with van der Waals surface area (Å²) in [6, 6.07) is 7.87. The Hall–Kier alpha value is -1.92. The second kappa shape index (κ2) is 8.26. The fourth-order valence-corrected chi connectivity index (χ4v) is 2.13. The van der Waals surface area contributed by atoms with Crippen molar-refractivity contribution < 1.29 is 14.4 Å². The average molecular weight is 333 g/mol. The van der Waals surface area contributed by atoms with E-state index in [1.54, 1.807) is 6.92 Å². The summed E-state index contributed by atoms with van der Waals surface area (Å²) in [5.74, 6) is 2.07. The van der Waals surface area contributed by atoms with Crippen LogP contribution in [0.3, 0.4) is 0 Å². The molecule has 0 spiro atoms. The second-order valence-corrected chi connectivity index (χ2v) is 6.97. The molecule has 2 rings (SSSR count). The number of hydrogen-bond acceptors (Lipinski definition) is 6. The molecule has 0 saturated heterocycles. The van der Waals surface area contributed by atoms with E-state index in [4.69, 9.17) is 9.26 Å². The number of aromatic nitrogens is 2. The van der Waals surface area contributed by atoms with Gasteiger partial charge < -0.3 is 19.7 Å². The van der Waals surface area contributed by atoms with Crippen LogP contribution in [-0.2, 0) is 12.8 Å². The Morgan fingerprint density at radius 2 is 1.92 bits per heavy atom. The van der Waals surface area contributed by atoms with Gasteiger partial charge in [0.15, 0.2) is 5.82 Å². The molecule has 0 amide bonds. The molecular weight excluding hydrogens is 306 g/mol. The predicted molar refractivity (Wildman–Crippen MR) is 92.1 cm³/mol. The highest BCUT2D eigenvalue weighted by Crippen LogP contribution is 2.14. The van der Waals surface area contributed by atoms with Crippen molar-refractivity contribution in [1.29, 1.82) is 0 Å². The highest BCUT2D eigenvalue weighted by atomic mass is 16.5. The van der Waals surface area contributed by atoms with Gasteiger partial charge in [-0.25, -0.2) is 0 Å². The Bertz CT molecular complexity index is 617. The molecule has 0 aliphatic heterocycles. The van der Waals surface area contributed by atoms with Crippen LogP contribution in [0.2, 0.25) is 0 Å². The van der Waals surface area contributed by atoms with Crippen LogP contribution in [0, 0.1) is 6.92 Å². The van der Waals surface area contributed by atoms with E-state index in [9.17, 15) is 5.11 Å². The number of nitrogens with one attached hydrogen (secondary N) is 1. The van der Waals surface area contributed by atoms with Crippen molar-refractivity contribution in [2.24, 2.45) is 0 Å². The van der Waals surface area contributed by atoms with Crippen molar-refractivity contribution in [2.75, 3.05) is 13.2 Å². The molecule has 0 bridgehead atoms. The minimum atomic E-state index is -0.537. The first-order valence-corrected chi connectivity index (χ1v) is 8.26.